The maximum Gasteiger partial charge on any atom is 0.416 e. The standard InChI is InChI=1S/C31H30F3N3O5/c1-42-26-14-8-13-23(31(32,33)34)22(26)19-37-25(15-16-27(37)38)29(40)36-24(17-20-9-4-2-5-10-20)28(39)30(41)35-18-21-11-6-3-7-12-21/h2-14,24-25H,15-19H2,1H3,(H,35,41)(H,36,40). The van der Waals surface area contributed by atoms with Crippen LogP contribution in [0.4, 0.5) is 13.2 Å². The predicted octanol–water partition coefficient (Wildman–Crippen LogP) is 3.82. The number of alkyl halides is 3. The van der Waals surface area contributed by atoms with E-state index >= 15 is 0 Å². The Kier molecular flexibility index (Phi) is 9.61. The third-order valence-electron chi connectivity index (χ3n) is 7.05. The maximum atomic E-state index is 13.8. The number of methoxy groups -OCH3 is 1. The molecule has 1 fully saturated rings. The van der Waals surface area contributed by atoms with Crippen LogP contribution in [0.3, 0.4) is 0 Å². The molecule has 0 saturated carbocycles. The Morgan fingerprint density at radius 2 is 1.60 bits per heavy atom. The van der Waals surface area contributed by atoms with E-state index in [1.807, 2.05) is 6.07 Å². The van der Waals surface area contributed by atoms with Gasteiger partial charge >= 0.3 is 6.18 Å². The molecule has 11 heteroatoms. The Hall–Kier alpha value is -4.67. The quantitative estimate of drug-likeness (QED) is 0.335. The number of nitrogens with zero attached hydrogens (tertiary/aromatic N) is 1. The summed E-state index contributed by atoms with van der Waals surface area (Å²) in [5.74, 6) is -3.11. The van der Waals surface area contributed by atoms with Gasteiger partial charge in [-0.2, -0.15) is 13.2 Å². The van der Waals surface area contributed by atoms with Crippen LogP contribution >= 0.6 is 0 Å². The Morgan fingerprint density at radius 1 is 0.952 bits per heavy atom. The number of carbonyl (C=O) groups excluding carboxylic acids is 4. The fourth-order valence-corrected chi connectivity index (χ4v) is 4.91. The van der Waals surface area contributed by atoms with E-state index < -0.39 is 53.9 Å². The average Bonchev–Trinajstić information content (AvgIpc) is 3.35. The summed E-state index contributed by atoms with van der Waals surface area (Å²) >= 11 is 0. The number of rotatable bonds is 11. The smallest absolute Gasteiger partial charge is 0.416 e. The van der Waals surface area contributed by atoms with Crippen molar-refractivity contribution in [3.63, 3.8) is 0 Å². The molecule has 1 aliphatic rings. The highest BCUT2D eigenvalue weighted by atomic mass is 19.4. The predicted molar refractivity (Wildman–Crippen MR) is 147 cm³/mol. The van der Waals surface area contributed by atoms with E-state index in [2.05, 4.69) is 10.6 Å². The van der Waals surface area contributed by atoms with Gasteiger partial charge in [-0.05, 0) is 29.7 Å². The van der Waals surface area contributed by atoms with Crippen molar-refractivity contribution in [1.82, 2.24) is 15.5 Å². The van der Waals surface area contributed by atoms with Crippen molar-refractivity contribution in [3.8, 4) is 5.75 Å². The largest absolute Gasteiger partial charge is 0.496 e. The molecule has 0 bridgehead atoms. The number of carbonyl (C=O) groups is 4. The third-order valence-corrected chi connectivity index (χ3v) is 7.05. The lowest BCUT2D eigenvalue weighted by Crippen LogP contribution is -2.53. The first-order valence-electron chi connectivity index (χ1n) is 13.3. The van der Waals surface area contributed by atoms with E-state index in [1.165, 1.54) is 19.2 Å². The molecule has 0 aliphatic carbocycles. The van der Waals surface area contributed by atoms with Crippen LogP contribution in [-0.4, -0.2) is 47.6 Å². The van der Waals surface area contributed by atoms with Crippen molar-refractivity contribution >= 4 is 23.5 Å². The van der Waals surface area contributed by atoms with Gasteiger partial charge in [0.1, 0.15) is 17.8 Å². The van der Waals surface area contributed by atoms with Crippen LogP contribution in [0.1, 0.15) is 35.1 Å². The monoisotopic (exact) mass is 581 g/mol. The van der Waals surface area contributed by atoms with E-state index in [1.54, 1.807) is 54.6 Å². The second kappa shape index (κ2) is 13.3. The molecular formula is C31H30F3N3O5. The molecule has 2 atom stereocenters. The van der Waals surface area contributed by atoms with Crippen LogP contribution in [0, 0.1) is 0 Å². The zero-order chi connectivity index (χ0) is 30.3. The van der Waals surface area contributed by atoms with Gasteiger partial charge in [-0.15, -0.1) is 0 Å². The average molecular weight is 582 g/mol. The van der Waals surface area contributed by atoms with E-state index in [-0.39, 0.29) is 37.1 Å². The second-order valence-corrected chi connectivity index (χ2v) is 9.84. The van der Waals surface area contributed by atoms with Gasteiger partial charge in [0.2, 0.25) is 17.6 Å². The number of nitrogens with one attached hydrogen (secondary N) is 2. The lowest BCUT2D eigenvalue weighted by atomic mass is 10.0. The van der Waals surface area contributed by atoms with Crippen LogP contribution < -0.4 is 15.4 Å². The molecule has 3 aromatic rings. The summed E-state index contributed by atoms with van der Waals surface area (Å²) in [5, 5.41) is 5.16. The minimum atomic E-state index is -4.72. The number of hydrogen-bond donors (Lipinski definition) is 2. The lowest BCUT2D eigenvalue weighted by Gasteiger charge is -2.28. The Labute approximate surface area is 240 Å². The zero-order valence-corrected chi connectivity index (χ0v) is 22.8. The first kappa shape index (κ1) is 30.3. The molecule has 0 spiro atoms. The summed E-state index contributed by atoms with van der Waals surface area (Å²) in [4.78, 5) is 53.4. The molecule has 0 radical (unpaired) electrons. The van der Waals surface area contributed by atoms with Crippen molar-refractivity contribution in [3.05, 3.63) is 101 Å². The fraction of sp³-hybridized carbons (Fsp3) is 0.290. The van der Waals surface area contributed by atoms with Gasteiger partial charge in [-0.1, -0.05) is 66.7 Å². The van der Waals surface area contributed by atoms with E-state index in [9.17, 15) is 32.3 Å². The van der Waals surface area contributed by atoms with E-state index in [0.29, 0.717) is 5.56 Å². The highest BCUT2D eigenvalue weighted by Gasteiger charge is 2.41. The lowest BCUT2D eigenvalue weighted by molar-refractivity contribution is -0.142. The fourth-order valence-electron chi connectivity index (χ4n) is 4.91. The van der Waals surface area contributed by atoms with E-state index in [4.69, 9.17) is 4.74 Å². The van der Waals surface area contributed by atoms with Crippen molar-refractivity contribution in [2.45, 2.75) is 50.6 Å². The highest BCUT2D eigenvalue weighted by molar-refractivity contribution is 6.38. The number of hydrogen-bond acceptors (Lipinski definition) is 5. The number of amides is 3. The highest BCUT2D eigenvalue weighted by Crippen LogP contribution is 2.37. The summed E-state index contributed by atoms with van der Waals surface area (Å²) in [6.07, 6.45) is -4.75. The third kappa shape index (κ3) is 7.34. The first-order valence-corrected chi connectivity index (χ1v) is 13.3. The van der Waals surface area contributed by atoms with Gasteiger partial charge < -0.3 is 20.3 Å². The Morgan fingerprint density at radius 3 is 2.21 bits per heavy atom. The number of ether oxygens (including phenoxy) is 1. The minimum absolute atomic E-state index is 0.00440. The minimum Gasteiger partial charge on any atom is -0.496 e. The number of Topliss-reactive ketones (excluding diaryl/α,β-unsaturated/α-hetero) is 1. The molecule has 1 aliphatic heterocycles. The van der Waals surface area contributed by atoms with Crippen LogP contribution in [0.25, 0.3) is 0 Å². The van der Waals surface area contributed by atoms with Gasteiger partial charge in [-0.25, -0.2) is 0 Å². The molecular weight excluding hydrogens is 551 g/mol. The van der Waals surface area contributed by atoms with Crippen molar-refractivity contribution < 1.29 is 37.1 Å². The van der Waals surface area contributed by atoms with Crippen LogP contribution in [0.2, 0.25) is 0 Å². The molecule has 3 amide bonds. The maximum absolute atomic E-state index is 13.8. The van der Waals surface area contributed by atoms with Gasteiger partial charge in [0, 0.05) is 24.9 Å². The Balaban J connectivity index is 1.54. The number of ketones is 1. The van der Waals surface area contributed by atoms with Gasteiger partial charge in [0.15, 0.2) is 0 Å². The van der Waals surface area contributed by atoms with E-state index in [0.717, 1.165) is 16.5 Å². The molecule has 1 heterocycles. The van der Waals surface area contributed by atoms with Crippen molar-refractivity contribution in [2.24, 2.45) is 0 Å². The second-order valence-electron chi connectivity index (χ2n) is 9.84. The normalized spacial score (nSPS) is 15.7. The molecule has 4 rings (SSSR count). The molecule has 0 aromatic heterocycles. The molecule has 2 unspecified atom stereocenters. The first-order chi connectivity index (χ1) is 20.1. The van der Waals surface area contributed by atoms with Crippen LogP contribution in [-0.2, 0) is 44.9 Å². The number of halogens is 3. The molecule has 220 valence electrons. The number of likely N-dealkylation sites (tertiary alicyclic amines) is 1. The summed E-state index contributed by atoms with van der Waals surface area (Å²) in [7, 11) is 1.22. The summed E-state index contributed by atoms with van der Waals surface area (Å²) in [6.45, 7) is -0.423. The van der Waals surface area contributed by atoms with Gasteiger partial charge in [-0.3, -0.25) is 19.2 Å². The van der Waals surface area contributed by atoms with Crippen LogP contribution in [0.15, 0.2) is 78.9 Å². The SMILES string of the molecule is COc1cccc(C(F)(F)F)c1CN1C(=O)CCC1C(=O)NC(Cc1ccccc1)C(=O)C(=O)NCc1ccccc1. The summed E-state index contributed by atoms with van der Waals surface area (Å²) < 4.78 is 46.5. The molecule has 1 saturated heterocycles. The summed E-state index contributed by atoms with van der Waals surface area (Å²) in [6, 6.07) is 18.7. The number of benzene rings is 3. The molecule has 8 nitrogen and oxygen atoms in total. The van der Waals surface area contributed by atoms with Crippen molar-refractivity contribution in [1.29, 1.82) is 0 Å². The molecule has 2 N–H and O–H groups in total. The van der Waals surface area contributed by atoms with Gasteiger partial charge in [0.05, 0.1) is 19.2 Å². The summed E-state index contributed by atoms with van der Waals surface area (Å²) in [5.41, 5.74) is 0.192. The van der Waals surface area contributed by atoms with Crippen LogP contribution in [0.5, 0.6) is 5.75 Å². The van der Waals surface area contributed by atoms with Gasteiger partial charge in [0.25, 0.3) is 5.91 Å². The topological polar surface area (TPSA) is 105 Å². The zero-order valence-electron chi connectivity index (χ0n) is 22.8. The Bertz CT molecular complexity index is 1430. The van der Waals surface area contributed by atoms with Crippen molar-refractivity contribution in [2.75, 3.05) is 7.11 Å². The molecule has 3 aromatic carbocycles. The molecule has 42 heavy (non-hydrogen) atoms.